The second-order valence-electron chi connectivity index (χ2n) is 9.08. The van der Waals surface area contributed by atoms with E-state index in [1.807, 2.05) is 0 Å². The fraction of sp³-hybridized carbons (Fsp3) is 0.417. The van der Waals surface area contributed by atoms with Gasteiger partial charge in [-0.1, -0.05) is 19.9 Å². The molecule has 1 saturated carbocycles. The standard InChI is InChI=1S/C24H29N3O4S/c1-16-12-17(2)15-27(14-16)32(30,31)22-10-6-18(7-11-22)23(28)26-21-5-3-4-19(13-21)24(29)25-20-8-9-20/h3-7,10-11,13,16-17,20H,8-9,12,14-15H2,1-2H3,(H,25,29)(H,26,28)/t16-,17+. The van der Waals surface area contributed by atoms with E-state index in [2.05, 4.69) is 24.5 Å². The number of carbonyl (C=O) groups excluding carboxylic acids is 2. The van der Waals surface area contributed by atoms with Gasteiger partial charge >= 0.3 is 0 Å². The fourth-order valence-corrected chi connectivity index (χ4v) is 5.85. The number of hydrogen-bond donors (Lipinski definition) is 2. The Kier molecular flexibility index (Phi) is 6.35. The van der Waals surface area contributed by atoms with Crippen LogP contribution in [0.1, 0.15) is 53.8 Å². The van der Waals surface area contributed by atoms with Crippen molar-refractivity contribution < 1.29 is 18.0 Å². The van der Waals surface area contributed by atoms with Gasteiger partial charge < -0.3 is 10.6 Å². The number of anilines is 1. The van der Waals surface area contributed by atoms with E-state index in [0.29, 0.717) is 41.7 Å². The Morgan fingerprint density at radius 3 is 2.19 bits per heavy atom. The van der Waals surface area contributed by atoms with Crippen LogP contribution in [0.5, 0.6) is 0 Å². The molecule has 0 spiro atoms. The van der Waals surface area contributed by atoms with E-state index in [1.165, 1.54) is 24.3 Å². The maximum absolute atomic E-state index is 13.0. The average Bonchev–Trinajstić information content (AvgIpc) is 3.57. The number of nitrogens with one attached hydrogen (secondary N) is 2. The fourth-order valence-electron chi connectivity index (χ4n) is 4.17. The third-order valence-electron chi connectivity index (χ3n) is 5.88. The van der Waals surface area contributed by atoms with Gasteiger partial charge in [-0.3, -0.25) is 9.59 Å². The molecule has 0 unspecified atom stereocenters. The topological polar surface area (TPSA) is 95.6 Å². The number of piperidine rings is 1. The van der Waals surface area contributed by atoms with Gasteiger partial charge in [0.05, 0.1) is 4.90 Å². The van der Waals surface area contributed by atoms with Crippen LogP contribution in [0.2, 0.25) is 0 Å². The van der Waals surface area contributed by atoms with Crippen molar-refractivity contribution in [3.05, 3.63) is 59.7 Å². The summed E-state index contributed by atoms with van der Waals surface area (Å²) < 4.78 is 27.6. The molecule has 8 heteroatoms. The van der Waals surface area contributed by atoms with Gasteiger partial charge in [0.1, 0.15) is 0 Å². The van der Waals surface area contributed by atoms with Crippen molar-refractivity contribution in [3.8, 4) is 0 Å². The highest BCUT2D eigenvalue weighted by Crippen LogP contribution is 2.27. The van der Waals surface area contributed by atoms with E-state index in [4.69, 9.17) is 0 Å². The van der Waals surface area contributed by atoms with Crippen molar-refractivity contribution in [2.45, 2.75) is 44.0 Å². The molecule has 4 rings (SSSR count). The summed E-state index contributed by atoms with van der Waals surface area (Å²) in [6.07, 6.45) is 3.03. The van der Waals surface area contributed by atoms with Gasteiger partial charge in [-0.2, -0.15) is 4.31 Å². The molecular formula is C24H29N3O4S. The molecule has 0 aromatic heterocycles. The first kappa shape index (κ1) is 22.5. The summed E-state index contributed by atoms with van der Waals surface area (Å²) in [5.74, 6) is 0.120. The summed E-state index contributed by atoms with van der Waals surface area (Å²) in [5, 5.41) is 5.70. The number of nitrogens with zero attached hydrogens (tertiary/aromatic N) is 1. The average molecular weight is 456 g/mol. The van der Waals surface area contributed by atoms with Crippen molar-refractivity contribution >= 4 is 27.5 Å². The Bertz CT molecular complexity index is 1100. The highest BCUT2D eigenvalue weighted by molar-refractivity contribution is 7.89. The minimum absolute atomic E-state index is 0.153. The third-order valence-corrected chi connectivity index (χ3v) is 7.73. The first-order valence-electron chi connectivity index (χ1n) is 11.0. The molecule has 2 aromatic rings. The van der Waals surface area contributed by atoms with E-state index in [9.17, 15) is 18.0 Å². The van der Waals surface area contributed by atoms with Crippen molar-refractivity contribution in [2.75, 3.05) is 18.4 Å². The lowest BCUT2D eigenvalue weighted by Gasteiger charge is -2.34. The number of sulfonamides is 1. The molecule has 1 saturated heterocycles. The van der Waals surface area contributed by atoms with Gasteiger partial charge in [0, 0.05) is 35.9 Å². The Morgan fingerprint density at radius 2 is 1.56 bits per heavy atom. The minimum Gasteiger partial charge on any atom is -0.349 e. The van der Waals surface area contributed by atoms with E-state index in [0.717, 1.165) is 19.3 Å². The predicted octanol–water partition coefficient (Wildman–Crippen LogP) is 3.50. The number of amides is 2. The number of rotatable bonds is 6. The zero-order chi connectivity index (χ0) is 22.9. The van der Waals surface area contributed by atoms with Crippen molar-refractivity contribution in [1.82, 2.24) is 9.62 Å². The first-order chi connectivity index (χ1) is 15.2. The largest absolute Gasteiger partial charge is 0.349 e. The van der Waals surface area contributed by atoms with E-state index in [-0.39, 0.29) is 22.8 Å². The Morgan fingerprint density at radius 1 is 0.906 bits per heavy atom. The Hall–Kier alpha value is -2.71. The SMILES string of the molecule is C[C@@H]1C[C@H](C)CN(S(=O)(=O)c2ccc(C(=O)Nc3cccc(C(=O)NC4CC4)c3)cc2)C1. The quantitative estimate of drug-likeness (QED) is 0.697. The lowest BCUT2D eigenvalue weighted by molar-refractivity contribution is 0.0949. The van der Waals surface area contributed by atoms with Gasteiger partial charge in [-0.25, -0.2) is 8.42 Å². The molecule has 2 fully saturated rings. The van der Waals surface area contributed by atoms with Crippen LogP contribution in [0.15, 0.2) is 53.4 Å². The number of hydrogen-bond acceptors (Lipinski definition) is 4. The van der Waals surface area contributed by atoms with Crippen LogP contribution < -0.4 is 10.6 Å². The van der Waals surface area contributed by atoms with Gasteiger partial charge in [-0.05, 0) is 73.6 Å². The van der Waals surface area contributed by atoms with Gasteiger partial charge in [-0.15, -0.1) is 0 Å². The van der Waals surface area contributed by atoms with Gasteiger partial charge in [0.25, 0.3) is 11.8 Å². The van der Waals surface area contributed by atoms with Crippen LogP contribution in [0.3, 0.4) is 0 Å². The molecular weight excluding hydrogens is 426 g/mol. The summed E-state index contributed by atoms with van der Waals surface area (Å²) in [4.78, 5) is 25.1. The van der Waals surface area contributed by atoms with Crippen molar-refractivity contribution in [2.24, 2.45) is 11.8 Å². The van der Waals surface area contributed by atoms with E-state index in [1.54, 1.807) is 28.6 Å². The van der Waals surface area contributed by atoms with Crippen LogP contribution in [0.25, 0.3) is 0 Å². The molecule has 1 aliphatic carbocycles. The van der Waals surface area contributed by atoms with E-state index < -0.39 is 10.0 Å². The monoisotopic (exact) mass is 455 g/mol. The predicted molar refractivity (Wildman–Crippen MR) is 123 cm³/mol. The summed E-state index contributed by atoms with van der Waals surface area (Å²) >= 11 is 0. The number of carbonyl (C=O) groups is 2. The molecule has 32 heavy (non-hydrogen) atoms. The smallest absolute Gasteiger partial charge is 0.255 e. The normalized spacial score (nSPS) is 21.7. The lowest BCUT2D eigenvalue weighted by atomic mass is 9.94. The maximum Gasteiger partial charge on any atom is 0.255 e. The summed E-state index contributed by atoms with van der Waals surface area (Å²) in [6, 6.07) is 13.0. The van der Waals surface area contributed by atoms with Crippen LogP contribution in [0, 0.1) is 11.8 Å². The van der Waals surface area contributed by atoms with Gasteiger partial charge in [0.2, 0.25) is 10.0 Å². The second-order valence-corrected chi connectivity index (χ2v) is 11.0. The molecule has 170 valence electrons. The summed E-state index contributed by atoms with van der Waals surface area (Å²) in [5.41, 5.74) is 1.34. The third kappa shape index (κ3) is 5.19. The van der Waals surface area contributed by atoms with Gasteiger partial charge in [0.15, 0.2) is 0 Å². The summed E-state index contributed by atoms with van der Waals surface area (Å²) in [7, 11) is -3.59. The second kappa shape index (κ2) is 9.03. The molecule has 2 amide bonds. The molecule has 1 heterocycles. The molecule has 7 nitrogen and oxygen atoms in total. The Balaban J connectivity index is 1.44. The molecule has 2 aromatic carbocycles. The minimum atomic E-state index is -3.59. The Labute approximate surface area is 189 Å². The highest BCUT2D eigenvalue weighted by Gasteiger charge is 2.31. The molecule has 2 aliphatic rings. The molecule has 0 bridgehead atoms. The van der Waals surface area contributed by atoms with Crippen molar-refractivity contribution in [3.63, 3.8) is 0 Å². The first-order valence-corrected chi connectivity index (χ1v) is 12.5. The number of benzene rings is 2. The molecule has 2 N–H and O–H groups in total. The zero-order valence-corrected chi connectivity index (χ0v) is 19.2. The maximum atomic E-state index is 13.0. The van der Waals surface area contributed by atoms with Crippen LogP contribution in [-0.2, 0) is 10.0 Å². The molecule has 1 aliphatic heterocycles. The summed E-state index contributed by atoms with van der Waals surface area (Å²) in [6.45, 7) is 5.16. The highest BCUT2D eigenvalue weighted by atomic mass is 32.2. The zero-order valence-electron chi connectivity index (χ0n) is 18.4. The van der Waals surface area contributed by atoms with E-state index >= 15 is 0 Å². The van der Waals surface area contributed by atoms with Crippen molar-refractivity contribution in [1.29, 1.82) is 0 Å². The van der Waals surface area contributed by atoms with Crippen LogP contribution in [-0.4, -0.2) is 43.7 Å². The molecule has 0 radical (unpaired) electrons. The van der Waals surface area contributed by atoms with Crippen LogP contribution in [0.4, 0.5) is 5.69 Å². The molecule has 2 atom stereocenters. The van der Waals surface area contributed by atoms with Crippen LogP contribution >= 0.6 is 0 Å². The lowest BCUT2D eigenvalue weighted by Crippen LogP contribution is -2.42.